The number of nitrogens with zero attached hydrogens (tertiary/aromatic N) is 1. The van der Waals surface area contributed by atoms with Crippen molar-refractivity contribution >= 4 is 11.6 Å². The first-order valence-electron chi connectivity index (χ1n) is 6.14. The van der Waals surface area contributed by atoms with Crippen LogP contribution in [0.2, 0.25) is 0 Å². The molecular weight excluding hydrogens is 228 g/mol. The second-order valence-electron chi connectivity index (χ2n) is 4.75. The molecule has 1 aromatic carbocycles. The Morgan fingerprint density at radius 1 is 1.33 bits per heavy atom. The lowest BCUT2D eigenvalue weighted by Gasteiger charge is -2.16. The molecule has 18 heavy (non-hydrogen) atoms. The third kappa shape index (κ3) is 4.75. The van der Waals surface area contributed by atoms with Crippen molar-refractivity contribution in [3.63, 3.8) is 0 Å². The maximum atomic E-state index is 10.8. The average Bonchev–Trinajstić information content (AvgIpc) is 2.34. The summed E-state index contributed by atoms with van der Waals surface area (Å²) in [6, 6.07) is 8.24. The summed E-state index contributed by atoms with van der Waals surface area (Å²) in [5.41, 5.74) is 2.33. The Morgan fingerprint density at radius 2 is 1.94 bits per heavy atom. The molecule has 0 aliphatic rings. The van der Waals surface area contributed by atoms with E-state index in [0.29, 0.717) is 6.54 Å². The van der Waals surface area contributed by atoms with Crippen molar-refractivity contribution in [1.29, 1.82) is 0 Å². The summed E-state index contributed by atoms with van der Waals surface area (Å²) >= 11 is 0. The van der Waals surface area contributed by atoms with E-state index in [1.54, 1.807) is 0 Å². The first-order valence-corrected chi connectivity index (χ1v) is 6.14. The van der Waals surface area contributed by atoms with Crippen LogP contribution in [0.15, 0.2) is 24.3 Å². The van der Waals surface area contributed by atoms with Crippen molar-refractivity contribution in [2.45, 2.75) is 13.3 Å². The fourth-order valence-electron chi connectivity index (χ4n) is 1.75. The third-order valence-electron chi connectivity index (χ3n) is 2.87. The number of aliphatic hydroxyl groups excluding tert-OH is 1. The maximum Gasteiger partial charge on any atom is 0.216 e. The standard InChI is InChI=1S/C14H22N2O2/c1-11(18)15-9-13(10-17)8-12-4-6-14(7-5-12)16(2)3/h4-7,13,17H,8-10H2,1-3H3,(H,15,18). The van der Waals surface area contributed by atoms with Crippen LogP contribution in [0.4, 0.5) is 5.69 Å². The fourth-order valence-corrected chi connectivity index (χ4v) is 1.75. The molecule has 1 atom stereocenters. The molecule has 0 saturated heterocycles. The average molecular weight is 250 g/mol. The molecule has 0 aromatic heterocycles. The number of anilines is 1. The number of carbonyl (C=O) groups is 1. The number of hydrogen-bond acceptors (Lipinski definition) is 3. The van der Waals surface area contributed by atoms with Crippen molar-refractivity contribution in [1.82, 2.24) is 5.32 Å². The lowest BCUT2D eigenvalue weighted by molar-refractivity contribution is -0.119. The smallest absolute Gasteiger partial charge is 0.216 e. The second kappa shape index (κ2) is 7.01. The molecule has 4 heteroatoms. The van der Waals surface area contributed by atoms with Gasteiger partial charge in [0, 0.05) is 45.8 Å². The third-order valence-corrected chi connectivity index (χ3v) is 2.87. The molecule has 4 nitrogen and oxygen atoms in total. The van der Waals surface area contributed by atoms with E-state index in [0.717, 1.165) is 12.1 Å². The summed E-state index contributed by atoms with van der Waals surface area (Å²) in [7, 11) is 4.00. The Morgan fingerprint density at radius 3 is 2.39 bits per heavy atom. The molecule has 1 rings (SSSR count). The summed E-state index contributed by atoms with van der Waals surface area (Å²) in [5.74, 6) is 0.00973. The number of hydrogen-bond donors (Lipinski definition) is 2. The predicted molar refractivity (Wildman–Crippen MR) is 73.7 cm³/mol. The maximum absolute atomic E-state index is 10.8. The van der Waals surface area contributed by atoms with Crippen molar-refractivity contribution < 1.29 is 9.90 Å². The highest BCUT2D eigenvalue weighted by molar-refractivity contribution is 5.72. The van der Waals surface area contributed by atoms with E-state index in [1.165, 1.54) is 12.5 Å². The van der Waals surface area contributed by atoms with Crippen LogP contribution in [-0.4, -0.2) is 38.3 Å². The van der Waals surface area contributed by atoms with Crippen LogP contribution in [0, 0.1) is 5.92 Å². The summed E-state index contributed by atoms with van der Waals surface area (Å²) in [6.07, 6.45) is 0.768. The van der Waals surface area contributed by atoms with Gasteiger partial charge < -0.3 is 15.3 Å². The van der Waals surface area contributed by atoms with Gasteiger partial charge >= 0.3 is 0 Å². The van der Waals surface area contributed by atoms with Crippen molar-refractivity contribution in [3.05, 3.63) is 29.8 Å². The van der Waals surface area contributed by atoms with Crippen LogP contribution < -0.4 is 10.2 Å². The molecule has 1 unspecified atom stereocenters. The van der Waals surface area contributed by atoms with Crippen LogP contribution in [0.25, 0.3) is 0 Å². The number of nitrogens with one attached hydrogen (secondary N) is 1. The SMILES string of the molecule is CC(=O)NCC(CO)Cc1ccc(N(C)C)cc1. The van der Waals surface area contributed by atoms with Gasteiger partial charge in [-0.2, -0.15) is 0 Å². The molecule has 0 spiro atoms. The zero-order valence-corrected chi connectivity index (χ0v) is 11.3. The van der Waals surface area contributed by atoms with Crippen molar-refractivity contribution in [2.24, 2.45) is 5.92 Å². The molecule has 2 N–H and O–H groups in total. The topological polar surface area (TPSA) is 52.6 Å². The van der Waals surface area contributed by atoms with E-state index >= 15 is 0 Å². The van der Waals surface area contributed by atoms with Gasteiger partial charge in [-0.15, -0.1) is 0 Å². The van der Waals surface area contributed by atoms with Gasteiger partial charge in [-0.05, 0) is 24.1 Å². The molecule has 0 fully saturated rings. The molecule has 0 radical (unpaired) electrons. The highest BCUT2D eigenvalue weighted by Crippen LogP contribution is 2.15. The quantitative estimate of drug-likeness (QED) is 0.793. The van der Waals surface area contributed by atoms with E-state index in [1.807, 2.05) is 19.0 Å². The van der Waals surface area contributed by atoms with E-state index < -0.39 is 0 Å². The van der Waals surface area contributed by atoms with Gasteiger partial charge in [0.05, 0.1) is 0 Å². The predicted octanol–water partition coefficient (Wildman–Crippen LogP) is 1.04. The number of aliphatic hydroxyl groups is 1. The summed E-state index contributed by atoms with van der Waals surface area (Å²) in [5, 5.41) is 12.0. The second-order valence-corrected chi connectivity index (χ2v) is 4.75. The van der Waals surface area contributed by atoms with Gasteiger partial charge in [0.15, 0.2) is 0 Å². The molecule has 0 bridgehead atoms. The van der Waals surface area contributed by atoms with Gasteiger partial charge in [0.1, 0.15) is 0 Å². The minimum absolute atomic E-state index is 0.0589. The largest absolute Gasteiger partial charge is 0.396 e. The van der Waals surface area contributed by atoms with Crippen LogP contribution in [0.3, 0.4) is 0 Å². The first-order chi connectivity index (χ1) is 8.52. The fraction of sp³-hybridized carbons (Fsp3) is 0.500. The number of amides is 1. The van der Waals surface area contributed by atoms with Crippen molar-refractivity contribution in [3.8, 4) is 0 Å². The summed E-state index contributed by atoms with van der Waals surface area (Å²) in [6.45, 7) is 2.08. The first kappa shape index (κ1) is 14.5. The van der Waals surface area contributed by atoms with Gasteiger partial charge in [-0.1, -0.05) is 12.1 Å². The Hall–Kier alpha value is -1.55. The molecule has 1 aromatic rings. The zero-order chi connectivity index (χ0) is 13.5. The number of rotatable bonds is 6. The Kier molecular flexibility index (Phi) is 5.65. The lowest BCUT2D eigenvalue weighted by Crippen LogP contribution is -2.30. The normalized spacial score (nSPS) is 12.0. The monoisotopic (exact) mass is 250 g/mol. The minimum atomic E-state index is -0.0589. The summed E-state index contributed by atoms with van der Waals surface area (Å²) in [4.78, 5) is 12.9. The molecule has 0 aliphatic heterocycles. The highest BCUT2D eigenvalue weighted by Gasteiger charge is 2.09. The van der Waals surface area contributed by atoms with Gasteiger partial charge in [-0.3, -0.25) is 4.79 Å². The van der Waals surface area contributed by atoms with E-state index in [9.17, 15) is 9.90 Å². The Labute approximate surface area is 109 Å². The van der Waals surface area contributed by atoms with E-state index in [4.69, 9.17) is 0 Å². The minimum Gasteiger partial charge on any atom is -0.396 e. The number of carbonyl (C=O) groups excluding carboxylic acids is 1. The molecule has 1 amide bonds. The van der Waals surface area contributed by atoms with Crippen molar-refractivity contribution in [2.75, 3.05) is 32.1 Å². The van der Waals surface area contributed by atoms with Gasteiger partial charge in [0.2, 0.25) is 5.91 Å². The van der Waals surface area contributed by atoms with Gasteiger partial charge in [0.25, 0.3) is 0 Å². The van der Waals surface area contributed by atoms with Crippen LogP contribution >= 0.6 is 0 Å². The Bertz CT molecular complexity index is 374. The molecule has 0 saturated carbocycles. The van der Waals surface area contributed by atoms with Gasteiger partial charge in [-0.25, -0.2) is 0 Å². The van der Waals surface area contributed by atoms with E-state index in [2.05, 4.69) is 29.6 Å². The number of benzene rings is 1. The van der Waals surface area contributed by atoms with Crippen LogP contribution in [-0.2, 0) is 11.2 Å². The van der Waals surface area contributed by atoms with Crippen LogP contribution in [0.1, 0.15) is 12.5 Å². The zero-order valence-electron chi connectivity index (χ0n) is 11.3. The molecule has 100 valence electrons. The highest BCUT2D eigenvalue weighted by atomic mass is 16.3. The summed E-state index contributed by atoms with van der Waals surface area (Å²) < 4.78 is 0. The van der Waals surface area contributed by atoms with Crippen LogP contribution in [0.5, 0.6) is 0 Å². The van der Waals surface area contributed by atoms with E-state index in [-0.39, 0.29) is 18.4 Å². The molecule has 0 aliphatic carbocycles. The lowest BCUT2D eigenvalue weighted by atomic mass is 9.99. The molecular formula is C14H22N2O2. The Balaban J connectivity index is 2.56. The molecule has 0 heterocycles.